The van der Waals surface area contributed by atoms with Gasteiger partial charge in [0.15, 0.2) is 0 Å². The molecule has 1 aromatic rings. The summed E-state index contributed by atoms with van der Waals surface area (Å²) in [6, 6.07) is 0. The minimum Gasteiger partial charge on any atom is -0.359 e. The lowest BCUT2D eigenvalue weighted by Crippen LogP contribution is -2.23. The second-order valence-corrected chi connectivity index (χ2v) is 4.43. The van der Waals surface area contributed by atoms with Gasteiger partial charge in [0.05, 0.1) is 6.33 Å². The number of nitrogens with zero attached hydrogens (tertiary/aromatic N) is 2. The SMILES string of the molecule is CN(CCCCCN)c1nc[nH]c(=O)c1Br. The molecule has 0 radical (unpaired) electrons. The quantitative estimate of drug-likeness (QED) is 0.769. The van der Waals surface area contributed by atoms with E-state index in [-0.39, 0.29) is 5.56 Å². The highest BCUT2D eigenvalue weighted by atomic mass is 79.9. The van der Waals surface area contributed by atoms with Crippen molar-refractivity contribution in [2.45, 2.75) is 19.3 Å². The lowest BCUT2D eigenvalue weighted by atomic mass is 10.2. The molecule has 1 aromatic heterocycles. The third-order valence-electron chi connectivity index (χ3n) is 2.34. The second-order valence-electron chi connectivity index (χ2n) is 3.64. The number of H-pyrrole nitrogens is 1. The Bertz CT molecular complexity index is 379. The molecule has 3 N–H and O–H groups in total. The highest BCUT2D eigenvalue weighted by molar-refractivity contribution is 9.10. The van der Waals surface area contributed by atoms with Crippen LogP contribution in [0.2, 0.25) is 0 Å². The molecule has 1 heterocycles. The minimum absolute atomic E-state index is 0.154. The van der Waals surface area contributed by atoms with E-state index in [1.165, 1.54) is 6.33 Å². The van der Waals surface area contributed by atoms with Gasteiger partial charge in [0.2, 0.25) is 0 Å². The van der Waals surface area contributed by atoms with Gasteiger partial charge in [-0.2, -0.15) is 0 Å². The Balaban J connectivity index is 2.56. The fourth-order valence-electron chi connectivity index (χ4n) is 1.42. The number of rotatable bonds is 6. The number of unbranched alkanes of at least 4 members (excludes halogenated alkanes) is 2. The van der Waals surface area contributed by atoms with Crippen LogP contribution in [0.3, 0.4) is 0 Å². The zero-order valence-corrected chi connectivity index (χ0v) is 11.0. The molecule has 0 fully saturated rings. The van der Waals surface area contributed by atoms with Crippen LogP contribution in [0.1, 0.15) is 19.3 Å². The van der Waals surface area contributed by atoms with Gasteiger partial charge in [0.1, 0.15) is 10.3 Å². The van der Waals surface area contributed by atoms with Gasteiger partial charge >= 0.3 is 0 Å². The Morgan fingerprint density at radius 3 is 2.94 bits per heavy atom. The smallest absolute Gasteiger partial charge is 0.267 e. The van der Waals surface area contributed by atoms with Gasteiger partial charge in [-0.05, 0) is 35.3 Å². The standard InChI is InChI=1S/C10H17BrN4O/c1-15(6-4-2-3-5-12)9-8(11)10(16)14-7-13-9/h7H,2-6,12H2,1H3,(H,13,14,16). The Morgan fingerprint density at radius 2 is 2.25 bits per heavy atom. The highest BCUT2D eigenvalue weighted by Gasteiger charge is 2.09. The van der Waals surface area contributed by atoms with Crippen molar-refractivity contribution in [2.75, 3.05) is 25.0 Å². The van der Waals surface area contributed by atoms with E-state index in [9.17, 15) is 4.79 Å². The first-order valence-corrected chi connectivity index (χ1v) is 6.10. The largest absolute Gasteiger partial charge is 0.359 e. The van der Waals surface area contributed by atoms with Crippen molar-refractivity contribution in [1.82, 2.24) is 9.97 Å². The minimum atomic E-state index is -0.154. The Kier molecular flexibility index (Phi) is 5.48. The molecule has 0 aliphatic heterocycles. The molecule has 0 saturated carbocycles. The number of nitrogens with one attached hydrogen (secondary N) is 1. The summed E-state index contributed by atoms with van der Waals surface area (Å²) in [7, 11) is 1.93. The molecule has 0 aromatic carbocycles. The molecule has 6 heteroatoms. The molecule has 1 rings (SSSR count). The van der Waals surface area contributed by atoms with Crippen LogP contribution in [0, 0.1) is 0 Å². The Morgan fingerprint density at radius 1 is 1.50 bits per heavy atom. The summed E-state index contributed by atoms with van der Waals surface area (Å²) < 4.78 is 0.483. The highest BCUT2D eigenvalue weighted by Crippen LogP contribution is 2.17. The molecular weight excluding hydrogens is 272 g/mol. The molecule has 0 amide bonds. The van der Waals surface area contributed by atoms with E-state index in [1.807, 2.05) is 11.9 Å². The number of hydrogen-bond acceptors (Lipinski definition) is 4. The molecule has 0 saturated heterocycles. The lowest BCUT2D eigenvalue weighted by Gasteiger charge is -2.18. The Hall–Kier alpha value is -0.880. The molecule has 0 aliphatic rings. The number of aromatic nitrogens is 2. The maximum absolute atomic E-state index is 11.3. The van der Waals surface area contributed by atoms with Gasteiger partial charge in [-0.3, -0.25) is 4.79 Å². The summed E-state index contributed by atoms with van der Waals surface area (Å²) >= 11 is 3.24. The maximum Gasteiger partial charge on any atom is 0.267 e. The molecule has 0 spiro atoms. The monoisotopic (exact) mass is 288 g/mol. The van der Waals surface area contributed by atoms with Crippen LogP contribution >= 0.6 is 15.9 Å². The van der Waals surface area contributed by atoms with Crippen molar-refractivity contribution in [3.05, 3.63) is 21.2 Å². The number of hydrogen-bond donors (Lipinski definition) is 2. The number of aromatic amines is 1. The van der Waals surface area contributed by atoms with E-state index < -0.39 is 0 Å². The third-order valence-corrected chi connectivity index (χ3v) is 3.05. The zero-order valence-electron chi connectivity index (χ0n) is 9.37. The summed E-state index contributed by atoms with van der Waals surface area (Å²) in [5.41, 5.74) is 5.27. The van der Waals surface area contributed by atoms with Crippen LogP contribution in [0.25, 0.3) is 0 Å². The van der Waals surface area contributed by atoms with Gasteiger partial charge in [-0.15, -0.1) is 0 Å². The van der Waals surface area contributed by atoms with Crippen LogP contribution in [-0.4, -0.2) is 30.1 Å². The average Bonchev–Trinajstić information content (AvgIpc) is 2.28. The van der Waals surface area contributed by atoms with E-state index in [4.69, 9.17) is 5.73 Å². The molecule has 0 unspecified atom stereocenters. The van der Waals surface area contributed by atoms with E-state index in [1.54, 1.807) is 0 Å². The Labute approximate surface area is 103 Å². The molecule has 16 heavy (non-hydrogen) atoms. The van der Waals surface area contributed by atoms with Gasteiger partial charge in [-0.1, -0.05) is 6.42 Å². The van der Waals surface area contributed by atoms with Gasteiger partial charge in [0, 0.05) is 13.6 Å². The summed E-state index contributed by atoms with van der Waals surface area (Å²) in [5, 5.41) is 0. The second kappa shape index (κ2) is 6.65. The van der Waals surface area contributed by atoms with Gasteiger partial charge in [-0.25, -0.2) is 4.98 Å². The number of halogens is 1. The van der Waals surface area contributed by atoms with Crippen molar-refractivity contribution in [3.8, 4) is 0 Å². The topological polar surface area (TPSA) is 75.0 Å². The van der Waals surface area contributed by atoms with Crippen LogP contribution in [0.5, 0.6) is 0 Å². The van der Waals surface area contributed by atoms with E-state index in [2.05, 4.69) is 25.9 Å². The predicted molar refractivity (Wildman–Crippen MR) is 68.7 cm³/mol. The molecule has 0 atom stereocenters. The first-order valence-electron chi connectivity index (χ1n) is 5.31. The zero-order chi connectivity index (χ0) is 12.0. The van der Waals surface area contributed by atoms with Crippen molar-refractivity contribution in [3.63, 3.8) is 0 Å². The summed E-state index contributed by atoms with van der Waals surface area (Å²) in [6.45, 7) is 1.60. The molecular formula is C10H17BrN4O. The van der Waals surface area contributed by atoms with E-state index in [0.29, 0.717) is 10.3 Å². The van der Waals surface area contributed by atoms with E-state index in [0.717, 1.165) is 32.4 Å². The van der Waals surface area contributed by atoms with Crippen LogP contribution in [0.4, 0.5) is 5.82 Å². The first-order chi connectivity index (χ1) is 7.66. The first kappa shape index (κ1) is 13.2. The van der Waals surface area contributed by atoms with Gasteiger partial charge in [0.25, 0.3) is 5.56 Å². The molecule has 0 aliphatic carbocycles. The van der Waals surface area contributed by atoms with Crippen LogP contribution in [0.15, 0.2) is 15.6 Å². The fraction of sp³-hybridized carbons (Fsp3) is 0.600. The lowest BCUT2D eigenvalue weighted by molar-refractivity contribution is 0.675. The molecule has 5 nitrogen and oxygen atoms in total. The van der Waals surface area contributed by atoms with Crippen molar-refractivity contribution in [1.29, 1.82) is 0 Å². The van der Waals surface area contributed by atoms with Crippen LogP contribution < -0.4 is 16.2 Å². The van der Waals surface area contributed by atoms with Gasteiger partial charge < -0.3 is 15.6 Å². The molecule has 90 valence electrons. The normalized spacial score (nSPS) is 10.4. The third kappa shape index (κ3) is 3.61. The summed E-state index contributed by atoms with van der Waals surface area (Å²) in [5.74, 6) is 0.677. The average molecular weight is 289 g/mol. The van der Waals surface area contributed by atoms with Crippen LogP contribution in [-0.2, 0) is 0 Å². The summed E-state index contributed by atoms with van der Waals surface area (Å²) in [6.07, 6.45) is 4.60. The van der Waals surface area contributed by atoms with E-state index >= 15 is 0 Å². The van der Waals surface area contributed by atoms with Crippen molar-refractivity contribution >= 4 is 21.7 Å². The van der Waals surface area contributed by atoms with Crippen molar-refractivity contribution in [2.24, 2.45) is 5.73 Å². The number of anilines is 1. The predicted octanol–water partition coefficient (Wildman–Crippen LogP) is 1.10. The fourth-order valence-corrected chi connectivity index (χ4v) is 1.94. The molecule has 0 bridgehead atoms. The summed E-state index contributed by atoms with van der Waals surface area (Å²) in [4.78, 5) is 20.0. The number of nitrogens with two attached hydrogens (primary N) is 1. The maximum atomic E-state index is 11.3. The van der Waals surface area contributed by atoms with Crippen molar-refractivity contribution < 1.29 is 0 Å².